The number of hydrogen-bond acceptors (Lipinski definition) is 0. The molecule has 0 saturated heterocycles. The Morgan fingerprint density at radius 1 is 1.08 bits per heavy atom. The Morgan fingerprint density at radius 3 is 2.15 bits per heavy atom. The second-order valence-corrected chi connectivity index (χ2v) is 5.74. The maximum absolute atomic E-state index is 2.49. The van der Waals surface area contributed by atoms with E-state index in [1.807, 2.05) is 0 Å². The minimum absolute atomic E-state index is 0.395. The van der Waals surface area contributed by atoms with Gasteiger partial charge in [0.2, 0.25) is 0 Å². The van der Waals surface area contributed by atoms with Gasteiger partial charge < -0.3 is 0 Å². The summed E-state index contributed by atoms with van der Waals surface area (Å²) in [6, 6.07) is 0. The molecule has 0 aromatic carbocycles. The fourth-order valence-corrected chi connectivity index (χ4v) is 2.52. The highest BCUT2D eigenvalue weighted by Gasteiger charge is 2.37. The van der Waals surface area contributed by atoms with Gasteiger partial charge >= 0.3 is 0 Å². The molecule has 2 aliphatic carbocycles. The lowest BCUT2D eigenvalue weighted by atomic mass is 9.77. The maximum atomic E-state index is 2.49. The third-order valence-electron chi connectivity index (χ3n) is 3.58. The quantitative estimate of drug-likeness (QED) is 0.488. The minimum atomic E-state index is 0.395. The van der Waals surface area contributed by atoms with Gasteiger partial charge in [-0.05, 0) is 36.5 Å². The summed E-state index contributed by atoms with van der Waals surface area (Å²) in [4.78, 5) is 0. The van der Waals surface area contributed by atoms with Gasteiger partial charge in [0, 0.05) is 0 Å². The summed E-state index contributed by atoms with van der Waals surface area (Å²) in [5.74, 6) is 0. The van der Waals surface area contributed by atoms with Crippen LogP contribution >= 0.6 is 0 Å². The van der Waals surface area contributed by atoms with E-state index in [1.165, 1.54) is 25.7 Å². The molecule has 0 nitrogen and oxygen atoms in total. The van der Waals surface area contributed by atoms with Gasteiger partial charge in [-0.2, -0.15) is 0 Å². The predicted octanol–water partition coefficient (Wildman–Crippen LogP) is 4.09. The summed E-state index contributed by atoms with van der Waals surface area (Å²) >= 11 is 0. The first-order chi connectivity index (χ1) is 6.02. The van der Waals surface area contributed by atoms with Crippen LogP contribution in [0.1, 0.15) is 46.5 Å². The van der Waals surface area contributed by atoms with Crippen LogP contribution in [0.25, 0.3) is 0 Å². The van der Waals surface area contributed by atoms with E-state index in [-0.39, 0.29) is 0 Å². The molecule has 0 N–H and O–H groups in total. The maximum Gasteiger partial charge on any atom is -0.0157 e. The van der Waals surface area contributed by atoms with E-state index in [1.54, 1.807) is 5.57 Å². The summed E-state index contributed by atoms with van der Waals surface area (Å²) in [6.45, 7) is 7.00. The average Bonchev–Trinajstić information content (AvgIpc) is 2.60. The molecule has 0 aromatic heterocycles. The van der Waals surface area contributed by atoms with Gasteiger partial charge in [-0.15, -0.1) is 0 Å². The van der Waals surface area contributed by atoms with Crippen molar-refractivity contribution in [1.29, 1.82) is 0 Å². The van der Waals surface area contributed by atoms with Crippen LogP contribution < -0.4 is 0 Å². The van der Waals surface area contributed by atoms with Gasteiger partial charge in [0.15, 0.2) is 0 Å². The Kier molecular flexibility index (Phi) is 1.90. The van der Waals surface area contributed by atoms with Crippen LogP contribution in [0.2, 0.25) is 0 Å². The highest BCUT2D eigenvalue weighted by Crippen LogP contribution is 2.50. The van der Waals surface area contributed by atoms with Crippen LogP contribution in [0.3, 0.4) is 0 Å². The Hall–Kier alpha value is -0.520. The molecule has 0 aliphatic heterocycles. The lowest BCUT2D eigenvalue weighted by Crippen LogP contribution is -2.15. The van der Waals surface area contributed by atoms with Gasteiger partial charge in [-0.1, -0.05) is 44.6 Å². The van der Waals surface area contributed by atoms with E-state index >= 15 is 0 Å². The van der Waals surface area contributed by atoms with Gasteiger partial charge in [0.25, 0.3) is 0 Å². The van der Waals surface area contributed by atoms with Crippen molar-refractivity contribution >= 4 is 0 Å². The van der Waals surface area contributed by atoms with Crippen molar-refractivity contribution in [2.24, 2.45) is 10.8 Å². The molecular weight excluding hydrogens is 156 g/mol. The van der Waals surface area contributed by atoms with Crippen LogP contribution in [0.5, 0.6) is 0 Å². The van der Waals surface area contributed by atoms with Crippen molar-refractivity contribution in [3.05, 3.63) is 23.8 Å². The molecule has 13 heavy (non-hydrogen) atoms. The lowest BCUT2D eigenvalue weighted by molar-refractivity contribution is 0.316. The van der Waals surface area contributed by atoms with Crippen molar-refractivity contribution < 1.29 is 0 Å². The van der Waals surface area contributed by atoms with Crippen LogP contribution in [-0.2, 0) is 0 Å². The second-order valence-electron chi connectivity index (χ2n) is 5.74. The van der Waals surface area contributed by atoms with E-state index in [9.17, 15) is 0 Å². The summed E-state index contributed by atoms with van der Waals surface area (Å²) in [5.41, 5.74) is 2.69. The largest absolute Gasteiger partial charge is 0.0879 e. The van der Waals surface area contributed by atoms with Gasteiger partial charge in [-0.3, -0.25) is 0 Å². The molecule has 1 spiro atoms. The van der Waals surface area contributed by atoms with Crippen molar-refractivity contribution in [3.63, 3.8) is 0 Å². The molecule has 72 valence electrons. The van der Waals surface area contributed by atoms with Crippen LogP contribution in [-0.4, -0.2) is 0 Å². The molecule has 0 bridgehead atoms. The Morgan fingerprint density at radius 2 is 1.69 bits per heavy atom. The van der Waals surface area contributed by atoms with E-state index in [2.05, 4.69) is 39.0 Å². The van der Waals surface area contributed by atoms with Crippen molar-refractivity contribution in [2.75, 3.05) is 0 Å². The summed E-state index contributed by atoms with van der Waals surface area (Å²) in [5, 5.41) is 0. The topological polar surface area (TPSA) is 0 Å². The zero-order valence-electron chi connectivity index (χ0n) is 9.06. The summed E-state index contributed by atoms with van der Waals surface area (Å²) in [6.07, 6.45) is 12.5. The average molecular weight is 176 g/mol. The molecule has 0 atom stereocenters. The van der Waals surface area contributed by atoms with Crippen molar-refractivity contribution in [2.45, 2.75) is 46.5 Å². The molecule has 0 fully saturated rings. The molecule has 0 amide bonds. The Bertz CT molecular complexity index is 252. The van der Waals surface area contributed by atoms with E-state index in [0.29, 0.717) is 10.8 Å². The molecule has 2 aliphatic rings. The minimum Gasteiger partial charge on any atom is -0.0879 e. The van der Waals surface area contributed by atoms with E-state index in [0.717, 1.165) is 0 Å². The highest BCUT2D eigenvalue weighted by molar-refractivity contribution is 5.24. The first kappa shape index (κ1) is 9.05. The first-order valence-corrected chi connectivity index (χ1v) is 5.36. The zero-order chi connectivity index (χ0) is 9.53. The fourth-order valence-electron chi connectivity index (χ4n) is 2.52. The third kappa shape index (κ3) is 1.59. The third-order valence-corrected chi connectivity index (χ3v) is 3.58. The van der Waals surface area contributed by atoms with Gasteiger partial charge in [-0.25, -0.2) is 0 Å². The van der Waals surface area contributed by atoms with Crippen LogP contribution in [0.4, 0.5) is 0 Å². The molecule has 0 radical (unpaired) electrons. The molecule has 0 heteroatoms. The number of rotatable bonds is 0. The lowest BCUT2D eigenvalue weighted by Gasteiger charge is -2.27. The van der Waals surface area contributed by atoms with E-state index < -0.39 is 0 Å². The second kappa shape index (κ2) is 2.73. The standard InChI is InChI=1S/C13H20/c1-12(2,3)11-6-9-13(10-11)7-4-5-8-13/h4-6H,7-10H2,1-3H3. The SMILES string of the molecule is CC(C)(C)C1=CCC2(CC=CC2)C1. The number of hydrogen-bond donors (Lipinski definition) is 0. The molecule has 0 heterocycles. The Balaban J connectivity index is 2.07. The summed E-state index contributed by atoms with van der Waals surface area (Å²) < 4.78 is 0. The van der Waals surface area contributed by atoms with Crippen LogP contribution in [0, 0.1) is 10.8 Å². The highest BCUT2D eigenvalue weighted by atomic mass is 14.4. The molecule has 0 saturated carbocycles. The van der Waals surface area contributed by atoms with E-state index in [4.69, 9.17) is 0 Å². The molecule has 0 aromatic rings. The smallest absolute Gasteiger partial charge is 0.0157 e. The molecular formula is C13H20. The predicted molar refractivity (Wildman–Crippen MR) is 57.6 cm³/mol. The van der Waals surface area contributed by atoms with Crippen molar-refractivity contribution in [1.82, 2.24) is 0 Å². The summed E-state index contributed by atoms with van der Waals surface area (Å²) in [7, 11) is 0. The zero-order valence-corrected chi connectivity index (χ0v) is 9.06. The Labute approximate surface area is 81.7 Å². The van der Waals surface area contributed by atoms with Crippen LogP contribution in [0.15, 0.2) is 23.8 Å². The number of allylic oxidation sites excluding steroid dienone is 4. The van der Waals surface area contributed by atoms with Crippen molar-refractivity contribution in [3.8, 4) is 0 Å². The van der Waals surface area contributed by atoms with Gasteiger partial charge in [0.1, 0.15) is 0 Å². The molecule has 2 rings (SSSR count). The van der Waals surface area contributed by atoms with Gasteiger partial charge in [0.05, 0.1) is 0 Å². The normalized spacial score (nSPS) is 25.6. The molecule has 0 unspecified atom stereocenters. The first-order valence-electron chi connectivity index (χ1n) is 5.36. The fraction of sp³-hybridized carbons (Fsp3) is 0.692. The monoisotopic (exact) mass is 176 g/mol.